The van der Waals surface area contributed by atoms with E-state index in [1.54, 1.807) is 0 Å². The summed E-state index contributed by atoms with van der Waals surface area (Å²) in [7, 11) is 0. The minimum absolute atomic E-state index is 0.0527. The summed E-state index contributed by atoms with van der Waals surface area (Å²) in [6.07, 6.45) is 0. The average Bonchev–Trinajstić information content (AvgIpc) is 2.04. The summed E-state index contributed by atoms with van der Waals surface area (Å²) in [5, 5.41) is 9.62. The monoisotopic (exact) mass is 228 g/mol. The normalized spacial score (nSPS) is 8.83. The molecule has 12 heavy (non-hydrogen) atoms. The van der Waals surface area contributed by atoms with E-state index in [0.29, 0.717) is 5.33 Å². The topological polar surface area (TPSA) is 20.2 Å². The molecule has 1 aromatic carbocycles. The standard InChI is InChI=1S/C9H6BrFO/c10-6-2-3-7-8(11)4-1-5-9(7)12/h1,4-5,12H,6H2. The number of phenols is 1. The summed E-state index contributed by atoms with van der Waals surface area (Å²) in [6, 6.07) is 4.10. The van der Waals surface area contributed by atoms with Gasteiger partial charge in [-0.1, -0.05) is 33.8 Å². The molecule has 1 nitrogen and oxygen atoms in total. The SMILES string of the molecule is Oc1cccc(F)c1C#CCBr. The molecule has 0 saturated carbocycles. The Morgan fingerprint density at radius 1 is 1.50 bits per heavy atom. The van der Waals surface area contributed by atoms with Crippen LogP contribution in [0.1, 0.15) is 5.56 Å². The van der Waals surface area contributed by atoms with Gasteiger partial charge in [0.2, 0.25) is 0 Å². The third kappa shape index (κ3) is 1.99. The molecule has 3 heteroatoms. The molecule has 0 fully saturated rings. The number of rotatable bonds is 0. The molecule has 0 bridgehead atoms. The van der Waals surface area contributed by atoms with Gasteiger partial charge in [-0.05, 0) is 12.1 Å². The summed E-state index contributed by atoms with van der Waals surface area (Å²) in [4.78, 5) is 0. The van der Waals surface area contributed by atoms with Gasteiger partial charge in [0.25, 0.3) is 0 Å². The van der Waals surface area contributed by atoms with E-state index < -0.39 is 5.82 Å². The lowest BCUT2D eigenvalue weighted by atomic mass is 10.2. The van der Waals surface area contributed by atoms with Crippen LogP contribution in [-0.4, -0.2) is 10.4 Å². The Morgan fingerprint density at radius 3 is 2.83 bits per heavy atom. The van der Waals surface area contributed by atoms with Crippen LogP contribution in [0.3, 0.4) is 0 Å². The van der Waals surface area contributed by atoms with Gasteiger partial charge < -0.3 is 5.11 Å². The predicted molar refractivity (Wildman–Crippen MR) is 48.7 cm³/mol. The molecule has 0 amide bonds. The maximum Gasteiger partial charge on any atom is 0.142 e. The van der Waals surface area contributed by atoms with E-state index in [0.717, 1.165) is 0 Å². The fourth-order valence-corrected chi connectivity index (χ4v) is 0.898. The molecule has 0 saturated heterocycles. The van der Waals surface area contributed by atoms with Crippen LogP contribution in [-0.2, 0) is 0 Å². The fraction of sp³-hybridized carbons (Fsp3) is 0.111. The molecule has 0 heterocycles. The third-order valence-electron chi connectivity index (χ3n) is 1.27. The van der Waals surface area contributed by atoms with Gasteiger partial charge in [0.05, 0.1) is 5.33 Å². The Hall–Kier alpha value is -1.01. The van der Waals surface area contributed by atoms with E-state index in [-0.39, 0.29) is 11.3 Å². The van der Waals surface area contributed by atoms with E-state index in [2.05, 4.69) is 27.8 Å². The molecular weight excluding hydrogens is 223 g/mol. The number of hydrogen-bond acceptors (Lipinski definition) is 1. The molecule has 62 valence electrons. The Kier molecular flexibility index (Phi) is 3.12. The highest BCUT2D eigenvalue weighted by molar-refractivity contribution is 9.09. The van der Waals surface area contributed by atoms with Gasteiger partial charge >= 0.3 is 0 Å². The molecule has 1 N–H and O–H groups in total. The van der Waals surface area contributed by atoms with Crippen molar-refractivity contribution in [2.75, 3.05) is 5.33 Å². The van der Waals surface area contributed by atoms with Crippen molar-refractivity contribution in [3.8, 4) is 17.6 Å². The first-order valence-electron chi connectivity index (χ1n) is 3.28. The van der Waals surface area contributed by atoms with Crippen LogP contribution in [0.2, 0.25) is 0 Å². The maximum absolute atomic E-state index is 12.9. The van der Waals surface area contributed by atoms with Crippen LogP contribution in [0.4, 0.5) is 4.39 Å². The number of alkyl halides is 1. The Balaban J connectivity index is 3.13. The van der Waals surface area contributed by atoms with Crippen LogP contribution < -0.4 is 0 Å². The van der Waals surface area contributed by atoms with Crippen molar-refractivity contribution in [3.63, 3.8) is 0 Å². The highest BCUT2D eigenvalue weighted by Gasteiger charge is 2.02. The highest BCUT2D eigenvalue weighted by atomic mass is 79.9. The van der Waals surface area contributed by atoms with Crippen LogP contribution >= 0.6 is 15.9 Å². The zero-order valence-electron chi connectivity index (χ0n) is 6.14. The zero-order chi connectivity index (χ0) is 8.97. The van der Waals surface area contributed by atoms with Gasteiger partial charge in [-0.15, -0.1) is 0 Å². The fourth-order valence-electron chi connectivity index (χ4n) is 0.758. The Morgan fingerprint density at radius 2 is 2.25 bits per heavy atom. The van der Waals surface area contributed by atoms with Gasteiger partial charge in [0.1, 0.15) is 17.1 Å². The van der Waals surface area contributed by atoms with E-state index in [1.165, 1.54) is 18.2 Å². The molecule has 0 unspecified atom stereocenters. The smallest absolute Gasteiger partial charge is 0.142 e. The molecule has 0 aliphatic carbocycles. The molecule has 1 rings (SSSR count). The number of hydrogen-bond donors (Lipinski definition) is 1. The lowest BCUT2D eigenvalue weighted by molar-refractivity contribution is 0.467. The van der Waals surface area contributed by atoms with Gasteiger partial charge in [-0.2, -0.15) is 0 Å². The molecular formula is C9H6BrFO. The first-order valence-corrected chi connectivity index (χ1v) is 4.40. The third-order valence-corrected chi connectivity index (χ3v) is 1.55. The maximum atomic E-state index is 12.9. The van der Waals surface area contributed by atoms with Gasteiger partial charge in [0, 0.05) is 0 Å². The first-order chi connectivity index (χ1) is 5.75. The van der Waals surface area contributed by atoms with Crippen molar-refractivity contribution in [2.24, 2.45) is 0 Å². The second kappa shape index (κ2) is 4.13. The first kappa shape index (κ1) is 9.08. The van der Waals surface area contributed by atoms with Crippen molar-refractivity contribution in [1.29, 1.82) is 0 Å². The number of aromatic hydroxyl groups is 1. The van der Waals surface area contributed by atoms with E-state index in [1.807, 2.05) is 0 Å². The summed E-state index contributed by atoms with van der Waals surface area (Å²) >= 11 is 3.08. The van der Waals surface area contributed by atoms with Crippen LogP contribution in [0.5, 0.6) is 5.75 Å². The number of phenolic OH excluding ortho intramolecular Hbond substituents is 1. The van der Waals surface area contributed by atoms with Crippen molar-refractivity contribution in [2.45, 2.75) is 0 Å². The van der Waals surface area contributed by atoms with Crippen LogP contribution in [0, 0.1) is 17.7 Å². The second-order valence-electron chi connectivity index (χ2n) is 2.07. The molecule has 0 spiro atoms. The quantitative estimate of drug-likeness (QED) is 0.534. The van der Waals surface area contributed by atoms with E-state index >= 15 is 0 Å². The molecule has 0 atom stereocenters. The largest absolute Gasteiger partial charge is 0.507 e. The van der Waals surface area contributed by atoms with E-state index in [4.69, 9.17) is 5.11 Å². The second-order valence-corrected chi connectivity index (χ2v) is 2.63. The summed E-state index contributed by atoms with van der Waals surface area (Å²) in [6.45, 7) is 0. The lowest BCUT2D eigenvalue weighted by Gasteiger charge is -1.96. The van der Waals surface area contributed by atoms with Crippen molar-refractivity contribution in [3.05, 3.63) is 29.6 Å². The average molecular weight is 229 g/mol. The molecule has 0 aliphatic rings. The van der Waals surface area contributed by atoms with Crippen molar-refractivity contribution < 1.29 is 9.50 Å². The molecule has 0 radical (unpaired) electrons. The Bertz CT molecular complexity index is 318. The zero-order valence-corrected chi connectivity index (χ0v) is 7.73. The van der Waals surface area contributed by atoms with Gasteiger partial charge in [-0.25, -0.2) is 4.39 Å². The lowest BCUT2D eigenvalue weighted by Crippen LogP contribution is -1.83. The number of halogens is 2. The van der Waals surface area contributed by atoms with Gasteiger partial charge in [-0.3, -0.25) is 0 Å². The summed E-state index contributed by atoms with van der Waals surface area (Å²) in [5.41, 5.74) is 0.0527. The van der Waals surface area contributed by atoms with Crippen LogP contribution in [0.15, 0.2) is 18.2 Å². The molecule has 1 aromatic rings. The Labute approximate surface area is 78.4 Å². The minimum atomic E-state index is -0.497. The van der Waals surface area contributed by atoms with Crippen molar-refractivity contribution in [1.82, 2.24) is 0 Å². The summed E-state index contributed by atoms with van der Waals surface area (Å²) < 4.78 is 12.9. The predicted octanol–water partition coefficient (Wildman–Crippen LogP) is 2.28. The molecule has 0 aromatic heterocycles. The minimum Gasteiger partial charge on any atom is -0.507 e. The van der Waals surface area contributed by atoms with E-state index in [9.17, 15) is 4.39 Å². The van der Waals surface area contributed by atoms with Crippen molar-refractivity contribution >= 4 is 15.9 Å². The number of benzene rings is 1. The van der Waals surface area contributed by atoms with Gasteiger partial charge in [0.15, 0.2) is 0 Å². The molecule has 0 aliphatic heterocycles. The summed E-state index contributed by atoms with van der Waals surface area (Å²) in [5.74, 6) is 4.50. The van der Waals surface area contributed by atoms with Crippen LogP contribution in [0.25, 0.3) is 0 Å². The highest BCUT2D eigenvalue weighted by Crippen LogP contribution is 2.17.